The molecular weight excluding hydrogens is 452 g/mol. The summed E-state index contributed by atoms with van der Waals surface area (Å²) in [5, 5.41) is 12.9. The van der Waals surface area contributed by atoms with Gasteiger partial charge in [-0.2, -0.15) is 15.3 Å². The summed E-state index contributed by atoms with van der Waals surface area (Å²) >= 11 is 0. The first-order valence-corrected chi connectivity index (χ1v) is 11.1. The van der Waals surface area contributed by atoms with Gasteiger partial charge in [-0.05, 0) is 37.5 Å². The van der Waals surface area contributed by atoms with Crippen LogP contribution in [0.1, 0.15) is 31.0 Å². The Morgan fingerprint density at radius 3 is 2.60 bits per heavy atom. The summed E-state index contributed by atoms with van der Waals surface area (Å²) in [5.41, 5.74) is 1.98. The molecule has 35 heavy (non-hydrogen) atoms. The van der Waals surface area contributed by atoms with Crippen molar-refractivity contribution in [2.45, 2.75) is 25.3 Å². The van der Waals surface area contributed by atoms with Crippen LogP contribution >= 0.6 is 0 Å². The Kier molecular flexibility index (Phi) is 5.49. The van der Waals surface area contributed by atoms with Crippen LogP contribution in [0.3, 0.4) is 0 Å². The Hall–Kier alpha value is -4.59. The molecule has 11 heteroatoms. The van der Waals surface area contributed by atoms with E-state index in [4.69, 9.17) is 8.83 Å². The highest BCUT2D eigenvalue weighted by Crippen LogP contribution is 2.32. The second-order valence-electron chi connectivity index (χ2n) is 8.56. The van der Waals surface area contributed by atoms with Crippen LogP contribution in [0.15, 0.2) is 57.6 Å². The number of nitrogens with zero attached hydrogens (tertiary/aromatic N) is 4. The molecule has 2 aliphatic heterocycles. The molecular formula is C24H22N6O5. The average Bonchev–Trinajstić information content (AvgIpc) is 3.61. The number of piperidine rings is 1. The number of benzene rings is 1. The van der Waals surface area contributed by atoms with Crippen LogP contribution in [0.25, 0.3) is 11.7 Å². The van der Waals surface area contributed by atoms with Crippen LogP contribution < -0.4 is 15.6 Å². The third-order valence-corrected chi connectivity index (χ3v) is 6.36. The van der Waals surface area contributed by atoms with E-state index in [1.54, 1.807) is 43.3 Å². The minimum Gasteiger partial charge on any atom is -0.459 e. The van der Waals surface area contributed by atoms with Gasteiger partial charge in [-0.15, -0.1) is 0 Å². The van der Waals surface area contributed by atoms with Crippen molar-refractivity contribution >= 4 is 23.7 Å². The lowest BCUT2D eigenvalue weighted by Gasteiger charge is -2.31. The van der Waals surface area contributed by atoms with Crippen molar-refractivity contribution in [1.29, 1.82) is 5.26 Å². The zero-order chi connectivity index (χ0) is 24.6. The van der Waals surface area contributed by atoms with Crippen molar-refractivity contribution in [3.8, 4) is 17.7 Å². The van der Waals surface area contributed by atoms with E-state index >= 15 is 0 Å². The van der Waals surface area contributed by atoms with Gasteiger partial charge < -0.3 is 19.1 Å². The molecule has 3 aromatic rings. The van der Waals surface area contributed by atoms with Crippen molar-refractivity contribution in [2.75, 3.05) is 18.0 Å². The number of imide groups is 1. The zero-order valence-electron chi connectivity index (χ0n) is 18.9. The Morgan fingerprint density at radius 1 is 1.20 bits per heavy atom. The first kappa shape index (κ1) is 22.2. The lowest BCUT2D eigenvalue weighted by atomic mass is 9.92. The number of urea groups is 1. The molecule has 2 saturated heterocycles. The highest BCUT2D eigenvalue weighted by Gasteiger charge is 2.50. The van der Waals surface area contributed by atoms with E-state index in [2.05, 4.69) is 15.7 Å². The van der Waals surface area contributed by atoms with Crippen LogP contribution in [-0.2, 0) is 15.1 Å². The summed E-state index contributed by atoms with van der Waals surface area (Å²) in [6.07, 6.45) is 2.36. The number of hydrogen-bond acceptors (Lipinski definition) is 8. The minimum absolute atomic E-state index is 0.138. The maximum atomic E-state index is 13.0. The van der Waals surface area contributed by atoms with Crippen molar-refractivity contribution in [3.63, 3.8) is 0 Å². The first-order chi connectivity index (χ1) is 16.9. The molecule has 178 valence electrons. The molecule has 2 fully saturated rings. The van der Waals surface area contributed by atoms with E-state index in [-0.39, 0.29) is 11.6 Å². The average molecular weight is 474 g/mol. The molecule has 1 aromatic carbocycles. The fourth-order valence-corrected chi connectivity index (χ4v) is 4.36. The summed E-state index contributed by atoms with van der Waals surface area (Å²) in [6, 6.07) is 13.6. The second kappa shape index (κ2) is 8.64. The van der Waals surface area contributed by atoms with Gasteiger partial charge in [0.15, 0.2) is 5.76 Å². The molecule has 2 N–H and O–H groups in total. The number of carbonyl (C=O) groups excluding carboxylic acids is 3. The molecule has 0 bridgehead atoms. The van der Waals surface area contributed by atoms with Gasteiger partial charge in [-0.1, -0.05) is 30.3 Å². The Morgan fingerprint density at radius 2 is 1.94 bits per heavy atom. The number of rotatable bonds is 5. The quantitative estimate of drug-likeness (QED) is 0.537. The van der Waals surface area contributed by atoms with Gasteiger partial charge in [0.05, 0.1) is 6.26 Å². The predicted molar refractivity (Wildman–Crippen MR) is 121 cm³/mol. The topological polar surface area (TPSA) is 145 Å². The highest BCUT2D eigenvalue weighted by atomic mass is 16.4. The van der Waals surface area contributed by atoms with Gasteiger partial charge in [0, 0.05) is 19.0 Å². The molecule has 0 saturated carbocycles. The van der Waals surface area contributed by atoms with Crippen molar-refractivity contribution in [2.24, 2.45) is 5.92 Å². The third-order valence-electron chi connectivity index (χ3n) is 6.36. The number of oxazole rings is 1. The smallest absolute Gasteiger partial charge is 0.344 e. The van der Waals surface area contributed by atoms with Crippen LogP contribution in [0, 0.1) is 17.2 Å². The molecule has 0 aliphatic carbocycles. The zero-order valence-corrected chi connectivity index (χ0v) is 18.9. The van der Waals surface area contributed by atoms with Crippen LogP contribution in [0.5, 0.6) is 0 Å². The summed E-state index contributed by atoms with van der Waals surface area (Å²) in [7, 11) is 0. The normalized spacial score (nSPS) is 20.6. The monoisotopic (exact) mass is 474 g/mol. The summed E-state index contributed by atoms with van der Waals surface area (Å²) < 4.78 is 11.1. The standard InChI is InChI=1S/C24H22N6O5/c1-24(16-6-3-2-4-7-16)22(32)30(23(33)27-24)28-19(31)15-9-11-29(12-10-15)21-17(14-25)26-20(35-21)18-8-5-13-34-18/h2-8,13,15H,9-12H2,1H3,(H,27,33)(H,28,31). The number of nitrogens with one attached hydrogen (secondary N) is 2. The largest absolute Gasteiger partial charge is 0.459 e. The summed E-state index contributed by atoms with van der Waals surface area (Å²) in [4.78, 5) is 44.5. The van der Waals surface area contributed by atoms with E-state index in [9.17, 15) is 19.6 Å². The van der Waals surface area contributed by atoms with E-state index < -0.39 is 29.3 Å². The highest BCUT2D eigenvalue weighted by molar-refractivity contribution is 6.08. The summed E-state index contributed by atoms with van der Waals surface area (Å²) in [5.74, 6) is -0.441. The fraction of sp³-hybridized carbons (Fsp3) is 0.292. The Bertz CT molecular complexity index is 1300. The maximum absolute atomic E-state index is 13.0. The lowest BCUT2D eigenvalue weighted by molar-refractivity contribution is -0.140. The van der Waals surface area contributed by atoms with E-state index in [1.165, 1.54) is 6.26 Å². The van der Waals surface area contributed by atoms with Crippen LogP contribution in [0.4, 0.5) is 10.7 Å². The molecule has 2 aromatic heterocycles. The molecule has 5 rings (SSSR count). The number of furan rings is 1. The lowest BCUT2D eigenvalue weighted by Crippen LogP contribution is -2.51. The number of aromatic nitrogens is 1. The number of hydrazine groups is 1. The Labute approximate surface area is 200 Å². The number of carbonyl (C=O) groups is 3. The van der Waals surface area contributed by atoms with Gasteiger partial charge in [0.2, 0.25) is 17.5 Å². The van der Waals surface area contributed by atoms with Gasteiger partial charge in [0.25, 0.3) is 11.8 Å². The molecule has 11 nitrogen and oxygen atoms in total. The van der Waals surface area contributed by atoms with Crippen molar-refractivity contribution < 1.29 is 23.2 Å². The number of hydrogen-bond donors (Lipinski definition) is 2. The second-order valence-corrected chi connectivity index (χ2v) is 8.56. The fourth-order valence-electron chi connectivity index (χ4n) is 4.36. The molecule has 0 radical (unpaired) electrons. The molecule has 1 atom stereocenters. The van der Waals surface area contributed by atoms with Gasteiger partial charge in [0.1, 0.15) is 11.6 Å². The van der Waals surface area contributed by atoms with Crippen LogP contribution in [0.2, 0.25) is 0 Å². The van der Waals surface area contributed by atoms with Crippen molar-refractivity contribution in [3.05, 3.63) is 60.0 Å². The molecule has 2 aliphatic rings. The molecule has 4 heterocycles. The third kappa shape index (κ3) is 3.89. The van der Waals surface area contributed by atoms with Crippen molar-refractivity contribution in [1.82, 2.24) is 20.7 Å². The van der Waals surface area contributed by atoms with E-state index in [0.717, 1.165) is 5.01 Å². The molecule has 1 unspecified atom stereocenters. The van der Waals surface area contributed by atoms with E-state index in [0.29, 0.717) is 43.1 Å². The SMILES string of the molecule is CC1(c2ccccc2)NC(=O)N(NC(=O)C2CCN(c3oc(-c4ccco4)nc3C#N)CC2)C1=O. The number of amides is 4. The summed E-state index contributed by atoms with van der Waals surface area (Å²) in [6.45, 7) is 2.47. The number of nitriles is 1. The van der Waals surface area contributed by atoms with Gasteiger partial charge in [-0.25, -0.2) is 4.79 Å². The minimum atomic E-state index is -1.26. The maximum Gasteiger partial charge on any atom is 0.344 e. The predicted octanol–water partition coefficient (Wildman–Crippen LogP) is 2.52. The molecule has 4 amide bonds. The number of anilines is 1. The first-order valence-electron chi connectivity index (χ1n) is 11.1. The Balaban J connectivity index is 1.23. The molecule has 0 spiro atoms. The van der Waals surface area contributed by atoms with Crippen LogP contribution in [-0.4, -0.2) is 40.9 Å². The van der Waals surface area contributed by atoms with Gasteiger partial charge >= 0.3 is 6.03 Å². The van der Waals surface area contributed by atoms with Gasteiger partial charge in [-0.3, -0.25) is 15.0 Å². The van der Waals surface area contributed by atoms with E-state index in [1.807, 2.05) is 17.0 Å².